The van der Waals surface area contributed by atoms with Crippen molar-refractivity contribution in [3.63, 3.8) is 0 Å². The number of hydrogen-bond acceptors (Lipinski definition) is 4. The first-order valence-electron chi connectivity index (χ1n) is 9.79. The lowest BCUT2D eigenvalue weighted by Crippen LogP contribution is -2.55. The Kier molecular flexibility index (Phi) is 6.17. The van der Waals surface area contributed by atoms with Gasteiger partial charge in [-0.1, -0.05) is 11.6 Å². The zero-order chi connectivity index (χ0) is 23.2. The summed E-state index contributed by atoms with van der Waals surface area (Å²) in [4.78, 5) is 15.0. The fourth-order valence-corrected chi connectivity index (χ4v) is 6.52. The Morgan fingerprint density at radius 1 is 1.38 bits per heavy atom. The van der Waals surface area contributed by atoms with Crippen molar-refractivity contribution in [1.29, 1.82) is 0 Å². The zero-order valence-electron chi connectivity index (χ0n) is 17.8. The minimum absolute atomic E-state index is 0.0860. The molecule has 0 radical (unpaired) electrons. The molecule has 3 heterocycles. The van der Waals surface area contributed by atoms with Crippen molar-refractivity contribution < 1.29 is 13.4 Å². The van der Waals surface area contributed by atoms with Gasteiger partial charge in [-0.05, 0) is 49.5 Å². The van der Waals surface area contributed by atoms with Crippen LogP contribution in [0.1, 0.15) is 23.0 Å². The number of carbonyl (C=O) groups is 1. The van der Waals surface area contributed by atoms with Crippen LogP contribution >= 0.6 is 22.9 Å². The molecule has 11 heteroatoms. The number of aromatic nitrogens is 2. The van der Waals surface area contributed by atoms with Gasteiger partial charge in [0.1, 0.15) is 11.9 Å². The molecule has 3 aromatic rings. The number of nitrogens with one attached hydrogen (secondary N) is 2. The van der Waals surface area contributed by atoms with Crippen LogP contribution in [0.25, 0.3) is 10.4 Å². The van der Waals surface area contributed by atoms with Crippen molar-refractivity contribution in [3.8, 4) is 10.4 Å². The number of hydrogen-bond donors (Lipinski definition) is 2. The van der Waals surface area contributed by atoms with Crippen LogP contribution < -0.4 is 10.0 Å². The van der Waals surface area contributed by atoms with Crippen molar-refractivity contribution in [2.75, 3.05) is 12.4 Å². The maximum absolute atomic E-state index is 13.4. The van der Waals surface area contributed by atoms with Gasteiger partial charge < -0.3 is 5.32 Å². The Morgan fingerprint density at radius 2 is 2.12 bits per heavy atom. The lowest BCUT2D eigenvalue weighted by molar-refractivity contribution is -0.120. The molecule has 4 rings (SSSR count). The highest BCUT2D eigenvalue weighted by Gasteiger charge is 2.38. The van der Waals surface area contributed by atoms with E-state index in [0.29, 0.717) is 12.1 Å². The average molecular weight is 496 g/mol. The van der Waals surface area contributed by atoms with Crippen LogP contribution in [0.15, 0.2) is 36.5 Å². The second-order valence-electron chi connectivity index (χ2n) is 7.73. The summed E-state index contributed by atoms with van der Waals surface area (Å²) in [5.74, 6) is 2.89. The molecule has 170 valence electrons. The van der Waals surface area contributed by atoms with E-state index in [9.17, 15) is 13.4 Å². The maximum Gasteiger partial charge on any atom is 0.242 e. The summed E-state index contributed by atoms with van der Waals surface area (Å²) in [5.41, 5.74) is 2.33. The van der Waals surface area contributed by atoms with Gasteiger partial charge in [0.15, 0.2) is 0 Å². The van der Waals surface area contributed by atoms with Crippen LogP contribution in [0.4, 0.5) is 10.1 Å². The summed E-state index contributed by atoms with van der Waals surface area (Å²) in [6, 6.07) is 6.91. The van der Waals surface area contributed by atoms with E-state index in [1.54, 1.807) is 23.1 Å². The number of anilines is 1. The topological polar surface area (TPSA) is 79.3 Å². The quantitative estimate of drug-likeness (QED) is 0.541. The molecule has 3 unspecified atom stereocenters. The first-order valence-corrected chi connectivity index (χ1v) is 12.7. The van der Waals surface area contributed by atoms with E-state index in [1.165, 1.54) is 22.5 Å². The van der Waals surface area contributed by atoms with Gasteiger partial charge in [-0.3, -0.25) is 9.48 Å². The molecule has 7 nitrogen and oxygen atoms in total. The number of nitrogens with zero attached hydrogens (tertiary/aromatic N) is 3. The highest BCUT2D eigenvalue weighted by molar-refractivity contribution is 7.96. The fourth-order valence-electron chi connectivity index (χ4n) is 3.70. The fraction of sp³-hybridized carbons (Fsp3) is 0.286. The van der Waals surface area contributed by atoms with E-state index in [1.807, 2.05) is 32.3 Å². The Morgan fingerprint density at radius 3 is 2.78 bits per heavy atom. The van der Waals surface area contributed by atoms with Crippen molar-refractivity contribution in [2.24, 2.45) is 7.05 Å². The molecule has 1 aliphatic heterocycles. The van der Waals surface area contributed by atoms with E-state index in [2.05, 4.69) is 21.0 Å². The number of rotatable bonds is 4. The maximum atomic E-state index is 13.4. The molecular weight excluding hydrogens is 473 g/mol. The number of carbonyl (C=O) groups excluding carboxylic acids is 1. The lowest BCUT2D eigenvalue weighted by Gasteiger charge is -2.39. The number of aryl methyl sites for hydroxylation is 2. The number of halogens is 2. The van der Waals surface area contributed by atoms with Crippen LogP contribution in [-0.4, -0.2) is 43.2 Å². The number of likely N-dealkylation sites (N-methyl/N-ethyl adjacent to an activating group) is 1. The Balaban J connectivity index is 1.58. The number of amides is 1. The van der Waals surface area contributed by atoms with Crippen LogP contribution in [0.5, 0.6) is 0 Å². The minimum Gasteiger partial charge on any atom is -0.325 e. The standard InChI is InChI=1S/C21H23ClFN5O2S2/c1-12-14(11-27(2)25-12)19-7-8-20(31-19)17-10-18(28(3)32(4,30)26-17)21(29)24-13-5-6-16(23)15(22)9-13/h5-9,11,17-18H,4,10H2,1-3H3,(H,24,29)(H,26,30). The van der Waals surface area contributed by atoms with Crippen LogP contribution in [0, 0.1) is 12.7 Å². The molecule has 2 N–H and O–H groups in total. The molecule has 0 spiro atoms. The average Bonchev–Trinajstić information content (AvgIpc) is 3.32. The van der Waals surface area contributed by atoms with Gasteiger partial charge in [-0.15, -0.1) is 11.3 Å². The van der Waals surface area contributed by atoms with Crippen molar-refractivity contribution >= 4 is 50.3 Å². The van der Waals surface area contributed by atoms with E-state index in [4.69, 9.17) is 11.6 Å². The molecule has 1 amide bonds. The lowest BCUT2D eigenvalue weighted by atomic mass is 10.1. The van der Waals surface area contributed by atoms with Gasteiger partial charge in [0.25, 0.3) is 0 Å². The normalized spacial score (nSPS) is 23.9. The monoisotopic (exact) mass is 495 g/mol. The molecule has 3 atom stereocenters. The Labute approximate surface area is 195 Å². The summed E-state index contributed by atoms with van der Waals surface area (Å²) in [6.07, 6.45) is 2.34. The van der Waals surface area contributed by atoms with E-state index in [0.717, 1.165) is 21.0 Å². The van der Waals surface area contributed by atoms with Gasteiger partial charge >= 0.3 is 0 Å². The summed E-state index contributed by atoms with van der Waals surface area (Å²) < 4.78 is 32.9. The SMILES string of the molecule is C=S1(=O)NC(c2ccc(-c3cn(C)nc3C)s2)CC(C(=O)Nc2ccc(F)c(Cl)c2)N1C. The van der Waals surface area contributed by atoms with Gasteiger partial charge in [-0.25, -0.2) is 17.6 Å². The third-order valence-electron chi connectivity index (χ3n) is 5.43. The largest absolute Gasteiger partial charge is 0.325 e. The molecule has 1 aliphatic rings. The van der Waals surface area contributed by atoms with Gasteiger partial charge in [0, 0.05) is 41.3 Å². The minimum atomic E-state index is -2.89. The third kappa shape index (κ3) is 4.46. The predicted molar refractivity (Wildman–Crippen MR) is 129 cm³/mol. The van der Waals surface area contributed by atoms with E-state index < -0.39 is 21.8 Å². The molecule has 1 saturated heterocycles. The van der Waals surface area contributed by atoms with Gasteiger partial charge in [0.05, 0.1) is 26.7 Å². The first-order chi connectivity index (χ1) is 15.0. The molecule has 0 aliphatic carbocycles. The second kappa shape index (κ2) is 8.60. The van der Waals surface area contributed by atoms with Crippen LogP contribution in [0.3, 0.4) is 0 Å². The van der Waals surface area contributed by atoms with Gasteiger partial charge in [-0.2, -0.15) is 5.10 Å². The summed E-state index contributed by atoms with van der Waals surface area (Å²) in [5, 5.41) is 7.04. The highest BCUT2D eigenvalue weighted by atomic mass is 35.5. The molecule has 0 bridgehead atoms. The molecule has 32 heavy (non-hydrogen) atoms. The Hall–Kier alpha value is -2.24. The summed E-state index contributed by atoms with van der Waals surface area (Å²) in [7, 11) is 0.578. The highest BCUT2D eigenvalue weighted by Crippen LogP contribution is 2.37. The smallest absolute Gasteiger partial charge is 0.242 e. The second-order valence-corrected chi connectivity index (χ2v) is 11.3. The Bertz CT molecular complexity index is 1290. The number of thiophene rings is 1. The zero-order valence-corrected chi connectivity index (χ0v) is 20.2. The number of benzene rings is 1. The summed E-state index contributed by atoms with van der Waals surface area (Å²) in [6.45, 7) is 1.95. The van der Waals surface area contributed by atoms with Gasteiger partial charge in [0.2, 0.25) is 5.91 Å². The van der Waals surface area contributed by atoms with Crippen LogP contribution in [0.2, 0.25) is 5.02 Å². The summed E-state index contributed by atoms with van der Waals surface area (Å²) >= 11 is 7.38. The molecule has 2 aromatic heterocycles. The van der Waals surface area contributed by atoms with Crippen molar-refractivity contribution in [3.05, 3.63) is 57.9 Å². The first kappa shape index (κ1) is 22.9. The molecule has 1 fully saturated rings. The third-order valence-corrected chi connectivity index (χ3v) is 8.79. The van der Waals surface area contributed by atoms with Crippen molar-refractivity contribution in [2.45, 2.75) is 25.4 Å². The van der Waals surface area contributed by atoms with Crippen LogP contribution in [-0.2, 0) is 21.7 Å². The van der Waals surface area contributed by atoms with E-state index >= 15 is 0 Å². The molecule has 1 aromatic carbocycles. The predicted octanol–water partition coefficient (Wildman–Crippen LogP) is 3.77. The van der Waals surface area contributed by atoms with E-state index in [-0.39, 0.29) is 17.0 Å². The molecular formula is C21H23ClFN5O2S2. The van der Waals surface area contributed by atoms with Crippen molar-refractivity contribution in [1.82, 2.24) is 18.8 Å². The molecule has 0 saturated carbocycles.